The Morgan fingerprint density at radius 3 is 2.15 bits per heavy atom. The predicted octanol–water partition coefficient (Wildman–Crippen LogP) is 5.21. The minimum absolute atomic E-state index is 0.00471. The predicted molar refractivity (Wildman–Crippen MR) is 151 cm³/mol. The van der Waals surface area contributed by atoms with E-state index >= 15 is 0 Å². The molecule has 9 heteroatoms. The summed E-state index contributed by atoms with van der Waals surface area (Å²) in [7, 11) is 1.53. The van der Waals surface area contributed by atoms with E-state index in [2.05, 4.69) is 19.7 Å². The van der Waals surface area contributed by atoms with Crippen molar-refractivity contribution in [1.82, 2.24) is 0 Å². The largest absolute Gasteiger partial charge is 0.428 e. The molecule has 212 valence electrons. The van der Waals surface area contributed by atoms with E-state index in [1.54, 1.807) is 31.2 Å². The van der Waals surface area contributed by atoms with Crippen molar-refractivity contribution in [3.8, 4) is 17.2 Å². The zero-order chi connectivity index (χ0) is 29.9. The summed E-state index contributed by atoms with van der Waals surface area (Å²) >= 11 is 0. The van der Waals surface area contributed by atoms with Gasteiger partial charge in [0.2, 0.25) is 0 Å². The molecule has 0 amide bonds. The maximum Gasteiger partial charge on any atom is 0.338 e. The van der Waals surface area contributed by atoms with Crippen molar-refractivity contribution in [3.63, 3.8) is 0 Å². The second-order valence-electron chi connectivity index (χ2n) is 8.89. The number of ether oxygens (including phenoxy) is 5. The average Bonchev–Trinajstić information content (AvgIpc) is 2.97. The van der Waals surface area contributed by atoms with Crippen LogP contribution in [-0.4, -0.2) is 37.1 Å². The number of aryl methyl sites for hydroxylation is 1. The van der Waals surface area contributed by atoms with Crippen LogP contribution in [0, 0.1) is 0 Å². The van der Waals surface area contributed by atoms with Crippen molar-refractivity contribution in [1.29, 1.82) is 0 Å². The van der Waals surface area contributed by atoms with Crippen LogP contribution in [0.25, 0.3) is 5.57 Å². The first-order valence-corrected chi connectivity index (χ1v) is 12.6. The van der Waals surface area contributed by atoms with Gasteiger partial charge in [0.15, 0.2) is 11.5 Å². The minimum atomic E-state index is -0.734. The maximum absolute atomic E-state index is 12.7. The molecule has 1 aliphatic carbocycles. The van der Waals surface area contributed by atoms with Gasteiger partial charge in [-0.15, -0.1) is 0 Å². The minimum Gasteiger partial charge on any atom is -0.428 e. The molecule has 2 aromatic carbocycles. The molecule has 0 spiro atoms. The molecular formula is C32H30O9. The number of methoxy groups -OCH3 is 1. The van der Waals surface area contributed by atoms with E-state index in [0.29, 0.717) is 29.1 Å². The van der Waals surface area contributed by atoms with Gasteiger partial charge in [-0.1, -0.05) is 44.0 Å². The van der Waals surface area contributed by atoms with Gasteiger partial charge in [0.1, 0.15) is 17.6 Å². The van der Waals surface area contributed by atoms with Gasteiger partial charge < -0.3 is 23.7 Å². The highest BCUT2D eigenvalue weighted by Gasteiger charge is 2.24. The van der Waals surface area contributed by atoms with Crippen LogP contribution in [0.4, 0.5) is 0 Å². The molecule has 1 aliphatic rings. The van der Waals surface area contributed by atoms with Gasteiger partial charge in [-0.25, -0.2) is 14.4 Å². The molecule has 0 bridgehead atoms. The Morgan fingerprint density at radius 2 is 1.54 bits per heavy atom. The SMILES string of the molecule is C=CC(=O)Oc1ccc(CCC(=O)OC2=CC=C(c3ccc(OC(=O)C(=C)C)cc3)CC2OC)cc1OC(=O)C=C. The Hall–Kier alpha value is -5.02. The van der Waals surface area contributed by atoms with Crippen LogP contribution in [0.3, 0.4) is 0 Å². The molecule has 0 radical (unpaired) electrons. The Balaban J connectivity index is 1.65. The smallest absolute Gasteiger partial charge is 0.338 e. The molecule has 9 nitrogen and oxygen atoms in total. The number of hydrogen-bond acceptors (Lipinski definition) is 9. The zero-order valence-electron chi connectivity index (χ0n) is 22.8. The summed E-state index contributed by atoms with van der Waals surface area (Å²) in [6.07, 6.45) is 5.76. The van der Waals surface area contributed by atoms with Gasteiger partial charge in [-0.3, -0.25) is 4.79 Å². The molecular weight excluding hydrogens is 528 g/mol. The van der Waals surface area contributed by atoms with Gasteiger partial charge in [-0.05, 0) is 60.4 Å². The Kier molecular flexibility index (Phi) is 10.7. The van der Waals surface area contributed by atoms with Gasteiger partial charge in [0, 0.05) is 37.7 Å². The van der Waals surface area contributed by atoms with Gasteiger partial charge in [0.25, 0.3) is 0 Å². The van der Waals surface area contributed by atoms with E-state index in [4.69, 9.17) is 23.7 Å². The second kappa shape index (κ2) is 14.4. The number of carbonyl (C=O) groups is 4. The highest BCUT2D eigenvalue weighted by molar-refractivity contribution is 5.89. The van der Waals surface area contributed by atoms with Crippen molar-refractivity contribution in [2.75, 3.05) is 7.11 Å². The molecule has 0 heterocycles. The first-order chi connectivity index (χ1) is 19.6. The summed E-state index contributed by atoms with van der Waals surface area (Å²) in [4.78, 5) is 47.7. The lowest BCUT2D eigenvalue weighted by Crippen LogP contribution is -2.21. The van der Waals surface area contributed by atoms with E-state index in [9.17, 15) is 19.2 Å². The number of benzene rings is 2. The van der Waals surface area contributed by atoms with E-state index in [0.717, 1.165) is 23.3 Å². The van der Waals surface area contributed by atoms with E-state index in [1.807, 2.05) is 18.2 Å². The van der Waals surface area contributed by atoms with Crippen molar-refractivity contribution in [2.24, 2.45) is 0 Å². The number of rotatable bonds is 12. The van der Waals surface area contributed by atoms with Crippen LogP contribution in [0.1, 0.15) is 30.9 Å². The van der Waals surface area contributed by atoms with E-state index < -0.39 is 30.0 Å². The Morgan fingerprint density at radius 1 is 0.878 bits per heavy atom. The van der Waals surface area contributed by atoms with Crippen molar-refractivity contribution >= 4 is 29.5 Å². The Bertz CT molecular complexity index is 1430. The number of hydrogen-bond donors (Lipinski definition) is 0. The third-order valence-electron chi connectivity index (χ3n) is 5.85. The van der Waals surface area contributed by atoms with Crippen LogP contribution in [-0.2, 0) is 35.1 Å². The van der Waals surface area contributed by atoms with Crippen molar-refractivity contribution in [2.45, 2.75) is 32.3 Å². The lowest BCUT2D eigenvalue weighted by molar-refractivity contribution is -0.141. The monoisotopic (exact) mass is 558 g/mol. The molecule has 2 aromatic rings. The van der Waals surface area contributed by atoms with Gasteiger partial charge in [-0.2, -0.15) is 0 Å². The molecule has 0 N–H and O–H groups in total. The van der Waals surface area contributed by atoms with E-state index in [-0.39, 0.29) is 24.3 Å². The zero-order valence-corrected chi connectivity index (χ0v) is 22.8. The lowest BCUT2D eigenvalue weighted by atomic mass is 9.94. The van der Waals surface area contributed by atoms with Crippen molar-refractivity contribution in [3.05, 3.63) is 109 Å². The topological polar surface area (TPSA) is 114 Å². The van der Waals surface area contributed by atoms with Crippen LogP contribution in [0.2, 0.25) is 0 Å². The summed E-state index contributed by atoms with van der Waals surface area (Å²) in [5.74, 6) is -1.62. The summed E-state index contributed by atoms with van der Waals surface area (Å²) in [5, 5.41) is 0. The van der Waals surface area contributed by atoms with Gasteiger partial charge >= 0.3 is 23.9 Å². The average molecular weight is 559 g/mol. The third-order valence-corrected chi connectivity index (χ3v) is 5.85. The molecule has 3 rings (SSSR count). The summed E-state index contributed by atoms with van der Waals surface area (Å²) in [6, 6.07) is 11.6. The first-order valence-electron chi connectivity index (χ1n) is 12.6. The standard InChI is InChI=1S/C32H30O9/c1-6-29(33)39-26-15-8-21(18-28(26)41-30(34)7-2)9-17-31(35)40-25-16-12-23(19-27(25)37-5)22-10-13-24(14-11-22)38-32(36)20(3)4/h6-8,10-16,18,27H,1-3,9,17,19H2,4-5H3. The highest BCUT2D eigenvalue weighted by atomic mass is 16.6. The summed E-state index contributed by atoms with van der Waals surface area (Å²) < 4.78 is 26.7. The molecule has 0 saturated heterocycles. The first kappa shape index (κ1) is 30.5. The molecule has 0 saturated carbocycles. The quantitative estimate of drug-likeness (QED) is 0.197. The van der Waals surface area contributed by atoms with Crippen LogP contribution < -0.4 is 14.2 Å². The molecule has 0 aliphatic heterocycles. The number of allylic oxidation sites excluding steroid dienone is 2. The van der Waals surface area contributed by atoms with Gasteiger partial charge in [0.05, 0.1) is 0 Å². The molecule has 0 aromatic heterocycles. The lowest BCUT2D eigenvalue weighted by Gasteiger charge is -2.23. The van der Waals surface area contributed by atoms with E-state index in [1.165, 1.54) is 19.2 Å². The van der Waals surface area contributed by atoms with Crippen LogP contribution >= 0.6 is 0 Å². The summed E-state index contributed by atoms with van der Waals surface area (Å²) in [6.45, 7) is 11.8. The Labute approximate surface area is 238 Å². The fourth-order valence-corrected chi connectivity index (χ4v) is 3.70. The molecule has 0 fully saturated rings. The maximum atomic E-state index is 12.7. The van der Waals surface area contributed by atoms with Crippen LogP contribution in [0.15, 0.2) is 97.8 Å². The number of esters is 4. The fraction of sp³-hybridized carbons (Fsp3) is 0.188. The highest BCUT2D eigenvalue weighted by Crippen LogP contribution is 2.32. The summed E-state index contributed by atoms with van der Waals surface area (Å²) in [5.41, 5.74) is 2.81. The molecule has 41 heavy (non-hydrogen) atoms. The van der Waals surface area contributed by atoms with Crippen LogP contribution in [0.5, 0.6) is 17.2 Å². The number of carbonyl (C=O) groups excluding carboxylic acids is 4. The van der Waals surface area contributed by atoms with Crippen molar-refractivity contribution < 1.29 is 42.9 Å². The molecule has 1 unspecified atom stereocenters. The molecule has 1 atom stereocenters. The fourth-order valence-electron chi connectivity index (χ4n) is 3.70. The normalized spacial score (nSPS) is 14.0. The third kappa shape index (κ3) is 8.74. The second-order valence-corrected chi connectivity index (χ2v) is 8.89.